The highest BCUT2D eigenvalue weighted by atomic mass is 16.6. The zero-order valence-corrected chi connectivity index (χ0v) is 15.0. The number of methoxy groups -OCH3 is 1. The lowest BCUT2D eigenvalue weighted by atomic mass is 10.2. The fourth-order valence-corrected chi connectivity index (χ4v) is 2.62. The van der Waals surface area contributed by atoms with Crippen molar-refractivity contribution in [1.82, 2.24) is 15.0 Å². The number of nitro groups is 1. The lowest BCUT2D eigenvalue weighted by Crippen LogP contribution is -2.15. The molecule has 0 aliphatic carbocycles. The van der Waals surface area contributed by atoms with Crippen LogP contribution in [0.15, 0.2) is 42.5 Å². The van der Waals surface area contributed by atoms with E-state index >= 15 is 0 Å². The van der Waals surface area contributed by atoms with E-state index in [0.29, 0.717) is 22.8 Å². The molecule has 3 rings (SSSR count). The van der Waals surface area contributed by atoms with Crippen molar-refractivity contribution in [1.29, 1.82) is 0 Å². The quantitative estimate of drug-likeness (QED) is 0.548. The van der Waals surface area contributed by atoms with Crippen LogP contribution in [0.1, 0.15) is 21.7 Å². The molecular formula is C18H17N5O4. The zero-order chi connectivity index (χ0) is 19.6. The first-order valence-electron chi connectivity index (χ1n) is 8.04. The molecule has 2 aromatic carbocycles. The van der Waals surface area contributed by atoms with Gasteiger partial charge in [-0.3, -0.25) is 14.9 Å². The minimum atomic E-state index is -0.493. The number of anilines is 1. The zero-order valence-electron chi connectivity index (χ0n) is 15.0. The summed E-state index contributed by atoms with van der Waals surface area (Å²) in [7, 11) is 1.52. The standard InChI is InChI=1S/C18H17N5O4/c1-11-7-8-16(27-3)15(9-11)19-18(24)17-12(2)22(21-20-17)13-5-4-6-14(10-13)23(25)26/h4-10H,1-3H3,(H,19,24). The van der Waals surface area contributed by atoms with Gasteiger partial charge >= 0.3 is 0 Å². The number of carbonyl (C=O) groups excluding carboxylic acids is 1. The van der Waals surface area contributed by atoms with Crippen molar-refractivity contribution >= 4 is 17.3 Å². The summed E-state index contributed by atoms with van der Waals surface area (Å²) in [6, 6.07) is 11.4. The van der Waals surface area contributed by atoms with E-state index in [4.69, 9.17) is 4.74 Å². The first-order chi connectivity index (χ1) is 12.9. The number of nitrogens with zero attached hydrogens (tertiary/aromatic N) is 4. The summed E-state index contributed by atoms with van der Waals surface area (Å²) in [4.78, 5) is 23.1. The Morgan fingerprint density at radius 3 is 2.70 bits per heavy atom. The van der Waals surface area contributed by atoms with Crippen molar-refractivity contribution < 1.29 is 14.5 Å². The molecule has 0 atom stereocenters. The van der Waals surface area contributed by atoms with Crippen LogP contribution < -0.4 is 10.1 Å². The van der Waals surface area contributed by atoms with Crippen LogP contribution in [-0.2, 0) is 0 Å². The number of hydrogen-bond acceptors (Lipinski definition) is 6. The second kappa shape index (κ2) is 7.24. The molecule has 0 aliphatic heterocycles. The number of benzene rings is 2. The minimum Gasteiger partial charge on any atom is -0.495 e. The largest absolute Gasteiger partial charge is 0.495 e. The number of non-ortho nitro benzene ring substituents is 1. The van der Waals surface area contributed by atoms with Gasteiger partial charge < -0.3 is 10.1 Å². The van der Waals surface area contributed by atoms with Crippen molar-refractivity contribution in [3.63, 3.8) is 0 Å². The van der Waals surface area contributed by atoms with Crippen LogP contribution in [-0.4, -0.2) is 32.9 Å². The van der Waals surface area contributed by atoms with E-state index in [2.05, 4.69) is 15.6 Å². The number of rotatable bonds is 5. The number of nitrogens with one attached hydrogen (secondary N) is 1. The molecule has 0 fully saturated rings. The number of aromatic nitrogens is 3. The van der Waals surface area contributed by atoms with Gasteiger partial charge in [-0.1, -0.05) is 17.3 Å². The van der Waals surface area contributed by atoms with Crippen LogP contribution in [0.4, 0.5) is 11.4 Å². The molecule has 1 amide bonds. The van der Waals surface area contributed by atoms with E-state index in [0.717, 1.165) is 5.56 Å². The number of ether oxygens (including phenoxy) is 1. The van der Waals surface area contributed by atoms with Crippen LogP contribution in [0.2, 0.25) is 0 Å². The third-order valence-electron chi connectivity index (χ3n) is 4.00. The van der Waals surface area contributed by atoms with Gasteiger partial charge in [0.2, 0.25) is 0 Å². The Balaban J connectivity index is 1.91. The Bertz CT molecular complexity index is 1030. The fourth-order valence-electron chi connectivity index (χ4n) is 2.62. The topological polar surface area (TPSA) is 112 Å². The van der Waals surface area contributed by atoms with Crippen molar-refractivity contribution in [2.45, 2.75) is 13.8 Å². The van der Waals surface area contributed by atoms with E-state index in [-0.39, 0.29) is 11.4 Å². The molecule has 1 N–H and O–H groups in total. The molecule has 9 heteroatoms. The van der Waals surface area contributed by atoms with Gasteiger partial charge in [0.05, 0.1) is 29.1 Å². The summed E-state index contributed by atoms with van der Waals surface area (Å²) in [5, 5.41) is 21.6. The Kier molecular flexibility index (Phi) is 4.84. The molecular weight excluding hydrogens is 350 g/mol. The van der Waals surface area contributed by atoms with E-state index in [1.54, 1.807) is 31.2 Å². The average Bonchev–Trinajstić information content (AvgIpc) is 3.03. The molecule has 3 aromatic rings. The van der Waals surface area contributed by atoms with Crippen molar-refractivity contribution in [3.8, 4) is 11.4 Å². The summed E-state index contributed by atoms with van der Waals surface area (Å²) in [6.45, 7) is 3.57. The molecule has 0 unspecified atom stereocenters. The highest BCUT2D eigenvalue weighted by molar-refractivity contribution is 6.04. The fraction of sp³-hybridized carbons (Fsp3) is 0.167. The van der Waals surface area contributed by atoms with Gasteiger partial charge in [0.15, 0.2) is 5.69 Å². The molecule has 1 heterocycles. The smallest absolute Gasteiger partial charge is 0.278 e. The summed E-state index contributed by atoms with van der Waals surface area (Å²) in [6.07, 6.45) is 0. The molecule has 0 saturated heterocycles. The van der Waals surface area contributed by atoms with Crippen molar-refractivity contribution in [2.75, 3.05) is 12.4 Å². The van der Waals surface area contributed by atoms with Gasteiger partial charge in [0.1, 0.15) is 5.75 Å². The van der Waals surface area contributed by atoms with E-state index in [1.165, 1.54) is 23.9 Å². The number of amides is 1. The molecule has 1 aromatic heterocycles. The number of carbonyl (C=O) groups is 1. The lowest BCUT2D eigenvalue weighted by molar-refractivity contribution is -0.384. The summed E-state index contributed by atoms with van der Waals surface area (Å²) < 4.78 is 6.64. The van der Waals surface area contributed by atoms with E-state index in [9.17, 15) is 14.9 Å². The third-order valence-corrected chi connectivity index (χ3v) is 4.00. The van der Waals surface area contributed by atoms with Gasteiger partial charge in [-0.15, -0.1) is 5.10 Å². The monoisotopic (exact) mass is 367 g/mol. The Hall–Kier alpha value is -3.75. The second-order valence-corrected chi connectivity index (χ2v) is 5.87. The Labute approximate surface area is 154 Å². The average molecular weight is 367 g/mol. The molecule has 138 valence electrons. The van der Waals surface area contributed by atoms with Crippen LogP contribution >= 0.6 is 0 Å². The van der Waals surface area contributed by atoms with Gasteiger partial charge in [0.25, 0.3) is 11.6 Å². The molecule has 0 spiro atoms. The molecule has 0 radical (unpaired) electrons. The van der Waals surface area contributed by atoms with Crippen LogP contribution in [0, 0.1) is 24.0 Å². The van der Waals surface area contributed by atoms with Gasteiger partial charge in [0, 0.05) is 12.1 Å². The Morgan fingerprint density at radius 2 is 2.00 bits per heavy atom. The maximum Gasteiger partial charge on any atom is 0.278 e. The normalized spacial score (nSPS) is 10.5. The predicted octanol–water partition coefficient (Wildman–Crippen LogP) is 3.05. The number of hydrogen-bond donors (Lipinski definition) is 1. The first-order valence-corrected chi connectivity index (χ1v) is 8.04. The van der Waals surface area contributed by atoms with E-state index < -0.39 is 10.8 Å². The number of nitro benzene ring substituents is 1. The molecule has 9 nitrogen and oxygen atoms in total. The summed E-state index contributed by atoms with van der Waals surface area (Å²) in [5.74, 6) is 0.0748. The molecule has 0 saturated carbocycles. The highest BCUT2D eigenvalue weighted by Gasteiger charge is 2.19. The predicted molar refractivity (Wildman–Crippen MR) is 98.4 cm³/mol. The summed E-state index contributed by atoms with van der Waals surface area (Å²) >= 11 is 0. The Morgan fingerprint density at radius 1 is 1.22 bits per heavy atom. The minimum absolute atomic E-state index is 0.0714. The maximum absolute atomic E-state index is 12.6. The van der Waals surface area contributed by atoms with Crippen molar-refractivity contribution in [3.05, 3.63) is 69.5 Å². The molecule has 27 heavy (non-hydrogen) atoms. The first kappa shape index (κ1) is 18.1. The maximum atomic E-state index is 12.6. The lowest BCUT2D eigenvalue weighted by Gasteiger charge is -2.10. The number of aryl methyl sites for hydroxylation is 1. The highest BCUT2D eigenvalue weighted by Crippen LogP contribution is 2.26. The third kappa shape index (κ3) is 3.61. The summed E-state index contributed by atoms with van der Waals surface area (Å²) in [5.41, 5.74) is 2.43. The SMILES string of the molecule is COc1ccc(C)cc1NC(=O)c1nnn(-c2cccc([N+](=O)[O-])c2)c1C. The van der Waals surface area contributed by atoms with Gasteiger partial charge in [-0.05, 0) is 37.6 Å². The van der Waals surface area contributed by atoms with Gasteiger partial charge in [-0.25, -0.2) is 4.68 Å². The van der Waals surface area contributed by atoms with Crippen LogP contribution in [0.25, 0.3) is 5.69 Å². The molecule has 0 aliphatic rings. The van der Waals surface area contributed by atoms with Gasteiger partial charge in [-0.2, -0.15) is 0 Å². The van der Waals surface area contributed by atoms with Crippen molar-refractivity contribution in [2.24, 2.45) is 0 Å². The second-order valence-electron chi connectivity index (χ2n) is 5.87. The van der Waals surface area contributed by atoms with Crippen LogP contribution in [0.3, 0.4) is 0 Å². The van der Waals surface area contributed by atoms with E-state index in [1.807, 2.05) is 13.0 Å². The molecule has 0 bridgehead atoms. The van der Waals surface area contributed by atoms with Crippen LogP contribution in [0.5, 0.6) is 5.75 Å².